The Morgan fingerprint density at radius 1 is 1.73 bits per heavy atom. The fourth-order valence-corrected chi connectivity index (χ4v) is 0.820. The molecule has 0 aliphatic carbocycles. The number of alkyl halides is 1. The molecule has 1 aromatic rings. The maximum Gasteiger partial charge on any atom is 0.287 e. The number of aromatic amines is 1. The number of nitrogens with zero attached hydrogens (tertiary/aromatic N) is 1. The van der Waals surface area contributed by atoms with E-state index in [1.165, 1.54) is 6.92 Å². The van der Waals surface area contributed by atoms with Crippen molar-refractivity contribution in [1.29, 1.82) is 0 Å². The molecule has 3 nitrogen and oxygen atoms in total. The summed E-state index contributed by atoms with van der Waals surface area (Å²) in [5, 5.41) is 0. The average Bonchev–Trinajstić information content (AvgIpc) is 1.99. The molecule has 0 radical (unpaired) electrons. The van der Waals surface area contributed by atoms with Gasteiger partial charge in [-0.05, 0) is 6.92 Å². The zero-order valence-electron chi connectivity index (χ0n) is 5.82. The van der Waals surface area contributed by atoms with Gasteiger partial charge in [-0.25, -0.2) is 4.98 Å². The Bertz CT molecular complexity index is 323. The lowest BCUT2D eigenvalue weighted by molar-refractivity contribution is 0.584. The Labute approximate surface area is 67.2 Å². The van der Waals surface area contributed by atoms with E-state index < -0.39 is 11.4 Å². The van der Waals surface area contributed by atoms with Crippen LogP contribution in [0.25, 0.3) is 0 Å². The highest BCUT2D eigenvalue weighted by atomic mass is 35.5. The van der Waals surface area contributed by atoms with Crippen molar-refractivity contribution < 1.29 is 4.39 Å². The summed E-state index contributed by atoms with van der Waals surface area (Å²) < 4.78 is 12.6. The van der Waals surface area contributed by atoms with Crippen molar-refractivity contribution in [3.63, 3.8) is 0 Å². The van der Waals surface area contributed by atoms with Gasteiger partial charge in [-0.3, -0.25) is 4.79 Å². The van der Waals surface area contributed by atoms with Crippen LogP contribution in [-0.2, 0) is 5.88 Å². The van der Waals surface area contributed by atoms with Gasteiger partial charge >= 0.3 is 0 Å². The number of aromatic nitrogens is 2. The number of hydrogen-bond donors (Lipinski definition) is 1. The summed E-state index contributed by atoms with van der Waals surface area (Å²) >= 11 is 5.37. The molecule has 0 unspecified atom stereocenters. The van der Waals surface area contributed by atoms with Crippen LogP contribution in [0.3, 0.4) is 0 Å². The van der Waals surface area contributed by atoms with Crippen molar-refractivity contribution in [2.24, 2.45) is 0 Å². The van der Waals surface area contributed by atoms with E-state index in [1.54, 1.807) is 0 Å². The van der Waals surface area contributed by atoms with Gasteiger partial charge in [0.2, 0.25) is 5.82 Å². The first-order valence-corrected chi connectivity index (χ1v) is 3.50. The summed E-state index contributed by atoms with van der Waals surface area (Å²) in [4.78, 5) is 16.6. The second-order valence-electron chi connectivity index (χ2n) is 2.05. The van der Waals surface area contributed by atoms with E-state index >= 15 is 0 Å². The minimum Gasteiger partial charge on any atom is -0.307 e. The lowest BCUT2D eigenvalue weighted by Crippen LogP contribution is -2.16. The molecule has 0 aromatic carbocycles. The maximum atomic E-state index is 12.6. The topological polar surface area (TPSA) is 45.8 Å². The van der Waals surface area contributed by atoms with Crippen LogP contribution in [0, 0.1) is 12.7 Å². The molecule has 0 aliphatic heterocycles. The van der Waals surface area contributed by atoms with Crippen LogP contribution < -0.4 is 5.56 Å². The molecule has 0 saturated heterocycles. The van der Waals surface area contributed by atoms with Gasteiger partial charge in [-0.1, -0.05) is 0 Å². The normalized spacial score (nSPS) is 10.1. The van der Waals surface area contributed by atoms with Crippen molar-refractivity contribution in [2.75, 3.05) is 0 Å². The van der Waals surface area contributed by atoms with Gasteiger partial charge in [-0.15, -0.1) is 11.6 Å². The molecule has 0 amide bonds. The molecule has 1 heterocycles. The monoisotopic (exact) mass is 176 g/mol. The van der Waals surface area contributed by atoms with Crippen molar-refractivity contribution in [1.82, 2.24) is 9.97 Å². The second-order valence-corrected chi connectivity index (χ2v) is 2.31. The molecule has 11 heavy (non-hydrogen) atoms. The molecule has 1 rings (SSSR count). The predicted octanol–water partition coefficient (Wildman–Crippen LogP) is 0.956. The Morgan fingerprint density at radius 2 is 2.36 bits per heavy atom. The number of H-pyrrole nitrogens is 1. The standard InChI is InChI=1S/C6H6ClFN2O/c1-3-5(8)6(11)10-4(2-7)9-3/h2H2,1H3,(H,9,10,11). The number of aryl methyl sites for hydroxylation is 1. The van der Waals surface area contributed by atoms with Gasteiger partial charge in [0, 0.05) is 0 Å². The van der Waals surface area contributed by atoms with Crippen LogP contribution in [0.4, 0.5) is 4.39 Å². The second kappa shape index (κ2) is 3.00. The molecular formula is C6H6ClFN2O. The number of hydrogen-bond acceptors (Lipinski definition) is 2. The van der Waals surface area contributed by atoms with Crippen molar-refractivity contribution >= 4 is 11.6 Å². The number of nitrogens with one attached hydrogen (secondary N) is 1. The largest absolute Gasteiger partial charge is 0.307 e. The Kier molecular flexibility index (Phi) is 2.24. The Morgan fingerprint density at radius 3 is 2.82 bits per heavy atom. The van der Waals surface area contributed by atoms with E-state index in [0.29, 0.717) is 0 Å². The first-order chi connectivity index (χ1) is 5.15. The third-order valence-corrected chi connectivity index (χ3v) is 1.46. The first-order valence-electron chi connectivity index (χ1n) is 2.96. The molecule has 1 aromatic heterocycles. The summed E-state index contributed by atoms with van der Waals surface area (Å²) in [7, 11) is 0. The Balaban J connectivity index is 3.32. The van der Waals surface area contributed by atoms with E-state index in [0.717, 1.165) is 0 Å². The molecule has 60 valence electrons. The van der Waals surface area contributed by atoms with Crippen LogP contribution in [-0.4, -0.2) is 9.97 Å². The zero-order chi connectivity index (χ0) is 8.43. The van der Waals surface area contributed by atoms with Crippen LogP contribution >= 0.6 is 11.6 Å². The molecule has 5 heteroatoms. The van der Waals surface area contributed by atoms with Crippen molar-refractivity contribution in [3.05, 3.63) is 27.7 Å². The highest BCUT2D eigenvalue weighted by Crippen LogP contribution is 1.98. The fourth-order valence-electron chi connectivity index (χ4n) is 0.693. The molecular weight excluding hydrogens is 171 g/mol. The minimum atomic E-state index is -0.848. The van der Waals surface area contributed by atoms with Crippen LogP contribution in [0.15, 0.2) is 4.79 Å². The third-order valence-electron chi connectivity index (χ3n) is 1.20. The van der Waals surface area contributed by atoms with Crippen molar-refractivity contribution in [2.45, 2.75) is 12.8 Å². The zero-order valence-corrected chi connectivity index (χ0v) is 6.57. The fraction of sp³-hybridized carbons (Fsp3) is 0.333. The molecule has 0 fully saturated rings. The third kappa shape index (κ3) is 1.57. The van der Waals surface area contributed by atoms with E-state index in [4.69, 9.17) is 11.6 Å². The lowest BCUT2D eigenvalue weighted by atomic mass is 10.4. The molecule has 0 atom stereocenters. The molecule has 0 saturated carbocycles. The quantitative estimate of drug-likeness (QED) is 0.648. The van der Waals surface area contributed by atoms with Gasteiger partial charge in [0.25, 0.3) is 5.56 Å². The molecule has 0 aliphatic rings. The van der Waals surface area contributed by atoms with E-state index in [-0.39, 0.29) is 17.4 Å². The maximum absolute atomic E-state index is 12.6. The SMILES string of the molecule is Cc1nc(CCl)[nH]c(=O)c1F. The number of rotatable bonds is 1. The molecule has 0 bridgehead atoms. The highest BCUT2D eigenvalue weighted by Gasteiger charge is 2.04. The van der Waals surface area contributed by atoms with Gasteiger partial charge in [0.05, 0.1) is 11.6 Å². The smallest absolute Gasteiger partial charge is 0.287 e. The van der Waals surface area contributed by atoms with Crippen LogP contribution in [0.2, 0.25) is 0 Å². The molecule has 0 spiro atoms. The number of halogens is 2. The van der Waals surface area contributed by atoms with E-state index in [2.05, 4.69) is 9.97 Å². The van der Waals surface area contributed by atoms with Crippen LogP contribution in [0.5, 0.6) is 0 Å². The summed E-state index contributed by atoms with van der Waals surface area (Å²) in [6.07, 6.45) is 0. The van der Waals surface area contributed by atoms with Gasteiger partial charge in [-0.2, -0.15) is 4.39 Å². The summed E-state index contributed by atoms with van der Waals surface area (Å²) in [5.41, 5.74) is -0.697. The van der Waals surface area contributed by atoms with E-state index in [9.17, 15) is 9.18 Å². The van der Waals surface area contributed by atoms with E-state index in [1.807, 2.05) is 0 Å². The highest BCUT2D eigenvalue weighted by molar-refractivity contribution is 6.16. The van der Waals surface area contributed by atoms with Crippen molar-refractivity contribution in [3.8, 4) is 0 Å². The van der Waals surface area contributed by atoms with Gasteiger partial charge in [0.15, 0.2) is 0 Å². The lowest BCUT2D eigenvalue weighted by Gasteiger charge is -1.96. The first kappa shape index (κ1) is 8.20. The summed E-state index contributed by atoms with van der Waals surface area (Å²) in [6, 6.07) is 0. The van der Waals surface area contributed by atoms with Gasteiger partial charge < -0.3 is 4.98 Å². The van der Waals surface area contributed by atoms with Crippen LogP contribution in [0.1, 0.15) is 11.5 Å². The van der Waals surface area contributed by atoms with Gasteiger partial charge in [0.1, 0.15) is 5.82 Å². The average molecular weight is 177 g/mol. The summed E-state index contributed by atoms with van der Waals surface area (Å²) in [6.45, 7) is 1.42. The minimum absolute atomic E-state index is 0.0735. The predicted molar refractivity (Wildman–Crippen MR) is 39.1 cm³/mol. The Hall–Kier alpha value is -0.900. The summed E-state index contributed by atoms with van der Waals surface area (Å²) in [5.74, 6) is -0.481. The molecule has 1 N–H and O–H groups in total.